The molecule has 0 saturated carbocycles. The lowest BCUT2D eigenvalue weighted by atomic mass is 9.96. The molecule has 15 heavy (non-hydrogen) atoms. The number of rotatable bonds is 2. The normalized spacial score (nSPS) is 26.9. The van der Waals surface area contributed by atoms with Crippen molar-refractivity contribution in [3.05, 3.63) is 0 Å². The van der Waals surface area contributed by atoms with Crippen LogP contribution in [0, 0.1) is 5.92 Å². The minimum absolute atomic E-state index is 0.0268. The quantitative estimate of drug-likeness (QED) is 0.756. The lowest BCUT2D eigenvalue weighted by Crippen LogP contribution is -2.51. The van der Waals surface area contributed by atoms with Crippen molar-refractivity contribution >= 4 is 6.03 Å². The molecule has 4 heteroatoms. The highest BCUT2D eigenvalue weighted by Crippen LogP contribution is 2.19. The maximum Gasteiger partial charge on any atom is 0.317 e. The van der Waals surface area contributed by atoms with E-state index in [2.05, 4.69) is 12.2 Å². The zero-order valence-electron chi connectivity index (χ0n) is 10.1. The predicted octanol–water partition coefficient (Wildman–Crippen LogP) is 1.46. The maximum absolute atomic E-state index is 11.7. The number of nitrogens with zero attached hydrogens (tertiary/aromatic N) is 1. The van der Waals surface area contributed by atoms with Crippen LogP contribution in [0.2, 0.25) is 0 Å². The number of amides is 2. The highest BCUT2D eigenvalue weighted by molar-refractivity contribution is 5.74. The second kappa shape index (κ2) is 5.35. The number of carbonyl (C=O) groups is 1. The molecule has 1 heterocycles. The molecular formula is C11H22N2O2. The average molecular weight is 214 g/mol. The zero-order valence-corrected chi connectivity index (χ0v) is 10.1. The summed E-state index contributed by atoms with van der Waals surface area (Å²) in [6, 6.07) is 0.219. The molecule has 0 aliphatic carbocycles. The van der Waals surface area contributed by atoms with Crippen molar-refractivity contribution in [1.29, 1.82) is 0 Å². The molecule has 1 N–H and O–H groups in total. The third kappa shape index (κ3) is 3.38. The monoisotopic (exact) mass is 214 g/mol. The minimum Gasteiger partial charge on any atom is -0.379 e. The Bertz CT molecular complexity index is 219. The van der Waals surface area contributed by atoms with Gasteiger partial charge in [0, 0.05) is 26.2 Å². The summed E-state index contributed by atoms with van der Waals surface area (Å²) in [6.07, 6.45) is 1.20. The van der Waals surface area contributed by atoms with E-state index in [1.807, 2.05) is 18.7 Å². The molecule has 1 aliphatic rings. The number of carbonyl (C=O) groups excluding carboxylic acids is 1. The molecule has 0 radical (unpaired) electrons. The maximum atomic E-state index is 11.7. The van der Waals surface area contributed by atoms with Gasteiger partial charge in [-0.15, -0.1) is 0 Å². The first kappa shape index (κ1) is 12.3. The van der Waals surface area contributed by atoms with E-state index in [-0.39, 0.29) is 18.2 Å². The van der Waals surface area contributed by atoms with Crippen molar-refractivity contribution < 1.29 is 9.53 Å². The first-order chi connectivity index (χ1) is 7.04. The summed E-state index contributed by atoms with van der Waals surface area (Å²) in [4.78, 5) is 13.6. The van der Waals surface area contributed by atoms with Crippen LogP contribution in [0.25, 0.3) is 0 Å². The molecule has 1 saturated heterocycles. The number of ether oxygens (including phenoxy) is 1. The Labute approximate surface area is 92.0 Å². The summed E-state index contributed by atoms with van der Waals surface area (Å²) in [6.45, 7) is 7.65. The Morgan fingerprint density at radius 1 is 1.53 bits per heavy atom. The van der Waals surface area contributed by atoms with Gasteiger partial charge in [-0.3, -0.25) is 0 Å². The molecule has 0 spiro atoms. The summed E-state index contributed by atoms with van der Waals surface area (Å²) in [5, 5.41) is 2.90. The molecular weight excluding hydrogens is 192 g/mol. The molecule has 4 nitrogen and oxygen atoms in total. The van der Waals surface area contributed by atoms with Gasteiger partial charge in [0.25, 0.3) is 0 Å². The van der Waals surface area contributed by atoms with Gasteiger partial charge >= 0.3 is 6.03 Å². The molecule has 2 atom stereocenters. The Balaban J connectivity index is 2.47. The Hall–Kier alpha value is -0.770. The molecule has 0 aromatic heterocycles. The van der Waals surface area contributed by atoms with Crippen LogP contribution in [-0.4, -0.2) is 43.3 Å². The molecule has 0 aromatic rings. The molecule has 2 amide bonds. The summed E-state index contributed by atoms with van der Waals surface area (Å²) >= 11 is 0. The average Bonchev–Trinajstić information content (AvgIpc) is 2.17. The van der Waals surface area contributed by atoms with Crippen molar-refractivity contribution in [3.8, 4) is 0 Å². The van der Waals surface area contributed by atoms with Crippen LogP contribution in [0.4, 0.5) is 4.79 Å². The number of nitrogens with one attached hydrogen (secondary N) is 1. The van der Waals surface area contributed by atoms with Gasteiger partial charge in [0.15, 0.2) is 0 Å². The zero-order chi connectivity index (χ0) is 11.4. The van der Waals surface area contributed by atoms with Crippen LogP contribution in [0.1, 0.15) is 27.2 Å². The standard InChI is InChI=1S/C11H22N2O2/c1-8(2)12-11(14)13-6-5-9(3)10(7-13)15-4/h8-10H,5-7H2,1-4H3,(H,12,14). The molecule has 0 aromatic carbocycles. The molecule has 88 valence electrons. The highest BCUT2D eigenvalue weighted by atomic mass is 16.5. The largest absolute Gasteiger partial charge is 0.379 e. The van der Waals surface area contributed by atoms with E-state index in [9.17, 15) is 4.79 Å². The summed E-state index contributed by atoms with van der Waals surface area (Å²) in [5.41, 5.74) is 0. The van der Waals surface area contributed by atoms with E-state index in [0.717, 1.165) is 13.0 Å². The van der Waals surface area contributed by atoms with Gasteiger partial charge in [-0.05, 0) is 26.2 Å². The van der Waals surface area contributed by atoms with Crippen molar-refractivity contribution in [2.75, 3.05) is 20.2 Å². The van der Waals surface area contributed by atoms with E-state index in [1.54, 1.807) is 7.11 Å². The van der Waals surface area contributed by atoms with Gasteiger partial charge in [0.05, 0.1) is 6.10 Å². The fourth-order valence-electron chi connectivity index (χ4n) is 1.86. The number of hydrogen-bond acceptors (Lipinski definition) is 2. The molecule has 1 aliphatic heterocycles. The van der Waals surface area contributed by atoms with Gasteiger partial charge in [-0.2, -0.15) is 0 Å². The van der Waals surface area contributed by atoms with Crippen molar-refractivity contribution in [2.24, 2.45) is 5.92 Å². The number of likely N-dealkylation sites (tertiary alicyclic amines) is 1. The number of urea groups is 1. The van der Waals surface area contributed by atoms with Gasteiger partial charge in [0.2, 0.25) is 0 Å². The van der Waals surface area contributed by atoms with Crippen LogP contribution in [0.15, 0.2) is 0 Å². The second-order valence-corrected chi connectivity index (χ2v) is 4.59. The lowest BCUT2D eigenvalue weighted by Gasteiger charge is -2.36. The van der Waals surface area contributed by atoms with E-state index in [0.29, 0.717) is 12.5 Å². The first-order valence-electron chi connectivity index (χ1n) is 5.62. The van der Waals surface area contributed by atoms with Gasteiger partial charge in [-0.1, -0.05) is 6.92 Å². The van der Waals surface area contributed by atoms with Crippen LogP contribution >= 0.6 is 0 Å². The van der Waals surface area contributed by atoms with Crippen molar-refractivity contribution in [1.82, 2.24) is 10.2 Å². The predicted molar refractivity (Wildman–Crippen MR) is 59.8 cm³/mol. The topological polar surface area (TPSA) is 41.6 Å². The SMILES string of the molecule is COC1CN(C(=O)NC(C)C)CCC1C. The van der Waals surface area contributed by atoms with E-state index in [4.69, 9.17) is 4.74 Å². The van der Waals surface area contributed by atoms with Crippen LogP contribution in [0.5, 0.6) is 0 Å². The number of hydrogen-bond donors (Lipinski definition) is 1. The van der Waals surface area contributed by atoms with Gasteiger partial charge in [-0.25, -0.2) is 4.79 Å². The lowest BCUT2D eigenvalue weighted by molar-refractivity contribution is 0.00696. The molecule has 0 bridgehead atoms. The van der Waals surface area contributed by atoms with Crippen molar-refractivity contribution in [2.45, 2.75) is 39.3 Å². The highest BCUT2D eigenvalue weighted by Gasteiger charge is 2.28. The summed E-state index contributed by atoms with van der Waals surface area (Å²) < 4.78 is 5.37. The third-order valence-electron chi connectivity index (χ3n) is 2.89. The summed E-state index contributed by atoms with van der Waals surface area (Å²) in [7, 11) is 1.71. The van der Waals surface area contributed by atoms with Crippen LogP contribution in [-0.2, 0) is 4.74 Å². The van der Waals surface area contributed by atoms with Crippen molar-refractivity contribution in [3.63, 3.8) is 0 Å². The molecule has 1 fully saturated rings. The minimum atomic E-state index is 0.0268. The molecule has 2 unspecified atom stereocenters. The van der Waals surface area contributed by atoms with Gasteiger partial charge < -0.3 is 15.0 Å². The number of methoxy groups -OCH3 is 1. The Morgan fingerprint density at radius 2 is 2.20 bits per heavy atom. The fourth-order valence-corrected chi connectivity index (χ4v) is 1.86. The van der Waals surface area contributed by atoms with Gasteiger partial charge in [0.1, 0.15) is 0 Å². The third-order valence-corrected chi connectivity index (χ3v) is 2.89. The van der Waals surface area contributed by atoms with Crippen LogP contribution in [0.3, 0.4) is 0 Å². The van der Waals surface area contributed by atoms with E-state index < -0.39 is 0 Å². The first-order valence-corrected chi connectivity index (χ1v) is 5.62. The fraction of sp³-hybridized carbons (Fsp3) is 0.909. The molecule has 1 rings (SSSR count). The van der Waals surface area contributed by atoms with Crippen LogP contribution < -0.4 is 5.32 Å². The van der Waals surface area contributed by atoms with E-state index >= 15 is 0 Å². The Morgan fingerprint density at radius 3 is 2.73 bits per heavy atom. The Kier molecular flexibility index (Phi) is 4.39. The second-order valence-electron chi connectivity index (χ2n) is 4.59. The number of piperidine rings is 1. The van der Waals surface area contributed by atoms with E-state index in [1.165, 1.54) is 0 Å². The summed E-state index contributed by atoms with van der Waals surface area (Å²) in [5.74, 6) is 0.540. The smallest absolute Gasteiger partial charge is 0.317 e.